The van der Waals surface area contributed by atoms with E-state index in [0.717, 1.165) is 57.8 Å². The molecule has 58 heavy (non-hydrogen) atoms. The van der Waals surface area contributed by atoms with Gasteiger partial charge in [-0.15, -0.1) is 0 Å². The van der Waals surface area contributed by atoms with E-state index in [1.165, 1.54) is 135 Å². The summed E-state index contributed by atoms with van der Waals surface area (Å²) in [4.78, 5) is 12.9. The van der Waals surface area contributed by atoms with E-state index in [1.807, 2.05) is 6.08 Å². The number of aliphatic hydroxyl groups excluding tert-OH is 5. The van der Waals surface area contributed by atoms with Gasteiger partial charge >= 0.3 is 0 Å². The van der Waals surface area contributed by atoms with Crippen molar-refractivity contribution in [2.24, 2.45) is 0 Å². The van der Waals surface area contributed by atoms with Gasteiger partial charge in [0.05, 0.1) is 25.4 Å². The lowest BCUT2D eigenvalue weighted by Gasteiger charge is -2.40. The zero-order valence-electron chi connectivity index (χ0n) is 37.3. The first-order valence-electron chi connectivity index (χ1n) is 24.2. The van der Waals surface area contributed by atoms with Gasteiger partial charge < -0.3 is 40.3 Å². The van der Waals surface area contributed by atoms with Crippen LogP contribution >= 0.6 is 0 Å². The normalized spacial score (nSPS) is 21.1. The maximum absolute atomic E-state index is 12.9. The average molecular weight is 822 g/mol. The third-order valence-electron chi connectivity index (χ3n) is 11.4. The van der Waals surface area contributed by atoms with Gasteiger partial charge in [0.2, 0.25) is 5.91 Å². The minimum Gasteiger partial charge on any atom is -0.394 e. The smallest absolute Gasteiger partial charge is 0.220 e. The van der Waals surface area contributed by atoms with Crippen LogP contribution in [0.25, 0.3) is 0 Å². The Kier molecular flexibility index (Phi) is 37.1. The van der Waals surface area contributed by atoms with E-state index in [-0.39, 0.29) is 12.5 Å². The molecule has 1 saturated heterocycles. The van der Waals surface area contributed by atoms with Crippen LogP contribution in [-0.4, -0.2) is 87.5 Å². The highest BCUT2D eigenvalue weighted by molar-refractivity contribution is 5.76. The van der Waals surface area contributed by atoms with Crippen LogP contribution in [0, 0.1) is 0 Å². The summed E-state index contributed by atoms with van der Waals surface area (Å²) in [6.07, 6.45) is 42.2. The van der Waals surface area contributed by atoms with Gasteiger partial charge in [0.15, 0.2) is 6.29 Å². The van der Waals surface area contributed by atoms with Crippen LogP contribution in [0.1, 0.15) is 213 Å². The summed E-state index contributed by atoms with van der Waals surface area (Å²) in [5.41, 5.74) is 0. The molecule has 1 heterocycles. The predicted octanol–water partition coefficient (Wildman–Crippen LogP) is 10.5. The van der Waals surface area contributed by atoms with Gasteiger partial charge in [-0.2, -0.15) is 0 Å². The van der Waals surface area contributed by atoms with E-state index in [9.17, 15) is 30.3 Å². The summed E-state index contributed by atoms with van der Waals surface area (Å²) in [6, 6.07) is -0.825. The third-order valence-corrected chi connectivity index (χ3v) is 11.4. The minimum absolute atomic E-state index is 0.202. The number of carbonyl (C=O) groups is 1. The molecule has 0 bridgehead atoms. The van der Waals surface area contributed by atoms with Gasteiger partial charge in [-0.05, 0) is 51.4 Å². The molecule has 0 aliphatic carbocycles. The number of aliphatic hydroxyl groups is 5. The summed E-state index contributed by atoms with van der Waals surface area (Å²) in [6.45, 7) is 3.70. The zero-order chi connectivity index (χ0) is 42.3. The van der Waals surface area contributed by atoms with Crippen molar-refractivity contribution in [1.29, 1.82) is 0 Å². The highest BCUT2D eigenvalue weighted by atomic mass is 16.7. The van der Waals surface area contributed by atoms with Gasteiger partial charge in [0, 0.05) is 6.42 Å². The van der Waals surface area contributed by atoms with Crippen LogP contribution in [-0.2, 0) is 14.3 Å². The first kappa shape index (κ1) is 54.4. The van der Waals surface area contributed by atoms with E-state index < -0.39 is 49.5 Å². The molecule has 1 amide bonds. The second kappa shape index (κ2) is 39.5. The number of ether oxygens (including phenoxy) is 2. The topological polar surface area (TPSA) is 149 Å². The lowest BCUT2D eigenvalue weighted by molar-refractivity contribution is -0.302. The fourth-order valence-electron chi connectivity index (χ4n) is 7.51. The van der Waals surface area contributed by atoms with Crippen molar-refractivity contribution in [2.75, 3.05) is 13.2 Å². The Labute approximate surface area is 355 Å². The molecule has 1 aliphatic heterocycles. The fourth-order valence-corrected chi connectivity index (χ4v) is 7.51. The number of hydrogen-bond acceptors (Lipinski definition) is 8. The summed E-state index contributed by atoms with van der Waals surface area (Å²) >= 11 is 0. The number of rotatable bonds is 40. The van der Waals surface area contributed by atoms with Gasteiger partial charge in [0.1, 0.15) is 24.4 Å². The average Bonchev–Trinajstić information content (AvgIpc) is 3.22. The van der Waals surface area contributed by atoms with E-state index in [0.29, 0.717) is 6.42 Å². The van der Waals surface area contributed by atoms with Crippen LogP contribution in [0.5, 0.6) is 0 Å². The van der Waals surface area contributed by atoms with Crippen LogP contribution in [0.2, 0.25) is 0 Å². The maximum Gasteiger partial charge on any atom is 0.220 e. The second-order valence-electron chi connectivity index (χ2n) is 16.9. The van der Waals surface area contributed by atoms with Crippen molar-refractivity contribution in [3.63, 3.8) is 0 Å². The Morgan fingerprint density at radius 2 is 1.00 bits per heavy atom. The van der Waals surface area contributed by atoms with Crippen LogP contribution in [0.4, 0.5) is 0 Å². The molecule has 0 aromatic rings. The molecule has 1 fully saturated rings. The van der Waals surface area contributed by atoms with Gasteiger partial charge in [0.25, 0.3) is 0 Å². The molecule has 7 atom stereocenters. The molecule has 0 radical (unpaired) electrons. The molecule has 0 aromatic heterocycles. The molecular formula is C49H91NO8. The van der Waals surface area contributed by atoms with Crippen molar-refractivity contribution in [2.45, 2.75) is 256 Å². The molecule has 340 valence electrons. The van der Waals surface area contributed by atoms with Crippen molar-refractivity contribution in [3.05, 3.63) is 36.5 Å². The van der Waals surface area contributed by atoms with Gasteiger partial charge in [-0.1, -0.05) is 192 Å². The lowest BCUT2D eigenvalue weighted by atomic mass is 9.99. The van der Waals surface area contributed by atoms with Crippen LogP contribution < -0.4 is 5.32 Å². The van der Waals surface area contributed by atoms with E-state index >= 15 is 0 Å². The Bertz CT molecular complexity index is 1000. The maximum atomic E-state index is 12.9. The highest BCUT2D eigenvalue weighted by Gasteiger charge is 2.44. The molecule has 1 aliphatic rings. The molecule has 7 unspecified atom stereocenters. The lowest BCUT2D eigenvalue weighted by Crippen LogP contribution is -2.60. The van der Waals surface area contributed by atoms with Crippen molar-refractivity contribution in [1.82, 2.24) is 5.32 Å². The second-order valence-corrected chi connectivity index (χ2v) is 16.9. The zero-order valence-corrected chi connectivity index (χ0v) is 37.3. The van der Waals surface area contributed by atoms with Gasteiger partial charge in [-0.3, -0.25) is 4.79 Å². The van der Waals surface area contributed by atoms with Crippen molar-refractivity contribution < 1.29 is 39.8 Å². The first-order valence-corrected chi connectivity index (χ1v) is 24.2. The monoisotopic (exact) mass is 822 g/mol. The fraction of sp³-hybridized carbons (Fsp3) is 0.857. The molecule has 0 aromatic carbocycles. The third kappa shape index (κ3) is 29.6. The minimum atomic E-state index is -1.57. The quantitative estimate of drug-likeness (QED) is 0.0264. The van der Waals surface area contributed by atoms with E-state index in [4.69, 9.17) is 9.47 Å². The summed E-state index contributed by atoms with van der Waals surface area (Å²) in [5.74, 6) is -0.202. The summed E-state index contributed by atoms with van der Waals surface area (Å²) in [5, 5.41) is 54.1. The standard InChI is InChI=1S/C49H91NO8/c1-3-5-7-9-11-13-15-16-17-18-19-20-21-22-23-24-25-26-27-28-29-30-32-34-36-38-43(52)42(41-57-49-48(56)47(55)46(54)44(40-51)58-49)50-45(53)39-37-35-33-31-14-12-10-8-6-4-2/h10,12,29-30,36,38,42-44,46-49,51-52,54-56H,3-9,11,13-28,31-35,37,39-41H2,1-2H3,(H,50,53)/b12-10-,30-29+,38-36+. The molecule has 0 spiro atoms. The van der Waals surface area contributed by atoms with E-state index in [1.54, 1.807) is 6.08 Å². The van der Waals surface area contributed by atoms with Crippen molar-refractivity contribution in [3.8, 4) is 0 Å². The number of amides is 1. The summed E-state index contributed by atoms with van der Waals surface area (Å²) < 4.78 is 11.2. The Hall–Kier alpha value is -1.59. The number of carbonyl (C=O) groups excluding carboxylic acids is 1. The molecule has 6 N–H and O–H groups in total. The highest BCUT2D eigenvalue weighted by Crippen LogP contribution is 2.23. The first-order chi connectivity index (χ1) is 28.3. The van der Waals surface area contributed by atoms with Crippen LogP contribution in [0.3, 0.4) is 0 Å². The molecule has 0 saturated carbocycles. The Morgan fingerprint density at radius 3 is 1.50 bits per heavy atom. The number of unbranched alkanes of at least 4 members (excludes halogenated alkanes) is 26. The number of nitrogens with one attached hydrogen (secondary N) is 1. The van der Waals surface area contributed by atoms with Crippen LogP contribution in [0.15, 0.2) is 36.5 Å². The molecule has 9 heteroatoms. The largest absolute Gasteiger partial charge is 0.394 e. The SMILES string of the molecule is CCCC/C=C\CCCCCCC(=O)NC(COC1OC(CO)C(O)C(O)C1O)C(O)/C=C/CC/C=C/CCCCCCCCCCCCCCCCCCCCC. The number of allylic oxidation sites excluding steroid dienone is 5. The predicted molar refractivity (Wildman–Crippen MR) is 240 cm³/mol. The van der Waals surface area contributed by atoms with Gasteiger partial charge in [-0.25, -0.2) is 0 Å². The Balaban J connectivity index is 2.27. The molecular weight excluding hydrogens is 731 g/mol. The number of hydrogen-bond donors (Lipinski definition) is 6. The Morgan fingerprint density at radius 1 is 0.569 bits per heavy atom. The summed E-state index contributed by atoms with van der Waals surface area (Å²) in [7, 11) is 0. The molecule has 1 rings (SSSR count). The van der Waals surface area contributed by atoms with E-state index in [2.05, 4.69) is 43.5 Å². The van der Waals surface area contributed by atoms with Crippen molar-refractivity contribution >= 4 is 5.91 Å². The molecule has 9 nitrogen and oxygen atoms in total.